The van der Waals surface area contributed by atoms with Crippen molar-refractivity contribution < 1.29 is 18.0 Å². The predicted octanol–water partition coefficient (Wildman–Crippen LogP) is 4.18. The number of ketones is 1. The molecular weight excluding hydrogens is 277 g/mol. The number of carbonyl (C=O) groups is 1. The fraction of sp³-hybridized carbons (Fsp3) is 0.0714. The molecule has 0 saturated carbocycles. The van der Waals surface area contributed by atoms with E-state index in [4.69, 9.17) is 11.6 Å². The van der Waals surface area contributed by atoms with E-state index in [0.29, 0.717) is 6.07 Å². The van der Waals surface area contributed by atoms with Crippen molar-refractivity contribution in [3.05, 3.63) is 70.0 Å². The summed E-state index contributed by atoms with van der Waals surface area (Å²) in [6, 6.07) is 6.74. The summed E-state index contributed by atoms with van der Waals surface area (Å²) >= 11 is 5.67. The molecule has 5 heteroatoms. The minimum absolute atomic E-state index is 0.0228. The van der Waals surface area contributed by atoms with Gasteiger partial charge < -0.3 is 0 Å². The smallest absolute Gasteiger partial charge is 0.168 e. The third kappa shape index (κ3) is 2.96. The average Bonchev–Trinajstić information content (AvgIpc) is 2.36. The van der Waals surface area contributed by atoms with Gasteiger partial charge in [0.1, 0.15) is 17.5 Å². The van der Waals surface area contributed by atoms with E-state index in [2.05, 4.69) is 0 Å². The van der Waals surface area contributed by atoms with E-state index in [1.54, 1.807) is 0 Å². The molecule has 0 fully saturated rings. The number of rotatable bonds is 3. The summed E-state index contributed by atoms with van der Waals surface area (Å²) in [6.07, 6.45) is -0.310. The van der Waals surface area contributed by atoms with Crippen molar-refractivity contribution in [3.8, 4) is 0 Å². The highest BCUT2D eigenvalue weighted by Crippen LogP contribution is 2.22. The van der Waals surface area contributed by atoms with Crippen LogP contribution in [0.25, 0.3) is 0 Å². The second-order valence-electron chi connectivity index (χ2n) is 3.94. The highest BCUT2D eigenvalue weighted by Gasteiger charge is 2.16. The maximum Gasteiger partial charge on any atom is 0.168 e. The summed E-state index contributed by atoms with van der Waals surface area (Å²) in [6.45, 7) is 0. The Balaban J connectivity index is 2.28. The van der Waals surface area contributed by atoms with Crippen LogP contribution in [0.15, 0.2) is 36.4 Å². The quantitative estimate of drug-likeness (QED) is 0.773. The van der Waals surface area contributed by atoms with Gasteiger partial charge in [-0.1, -0.05) is 23.7 Å². The van der Waals surface area contributed by atoms with Gasteiger partial charge in [0, 0.05) is 18.1 Å². The number of Topliss-reactive ketones (excluding diaryl/α,β-unsaturated/α-hetero) is 1. The first kappa shape index (κ1) is 13.6. The van der Waals surface area contributed by atoms with Gasteiger partial charge in [-0.2, -0.15) is 0 Å². The van der Waals surface area contributed by atoms with Crippen LogP contribution < -0.4 is 0 Å². The van der Waals surface area contributed by atoms with Crippen molar-refractivity contribution in [1.29, 1.82) is 0 Å². The van der Waals surface area contributed by atoms with Gasteiger partial charge in [0.25, 0.3) is 0 Å². The van der Waals surface area contributed by atoms with Crippen LogP contribution in [-0.4, -0.2) is 5.78 Å². The van der Waals surface area contributed by atoms with Gasteiger partial charge >= 0.3 is 0 Å². The maximum atomic E-state index is 13.4. The Morgan fingerprint density at radius 1 is 1.05 bits per heavy atom. The molecule has 2 rings (SSSR count). The second kappa shape index (κ2) is 5.45. The lowest BCUT2D eigenvalue weighted by atomic mass is 10.0. The van der Waals surface area contributed by atoms with Gasteiger partial charge in [-0.25, -0.2) is 13.2 Å². The van der Waals surface area contributed by atoms with Crippen molar-refractivity contribution in [1.82, 2.24) is 0 Å². The average molecular weight is 285 g/mol. The van der Waals surface area contributed by atoms with Crippen LogP contribution in [0, 0.1) is 17.5 Å². The Hall–Kier alpha value is -1.81. The molecule has 2 aromatic rings. The lowest BCUT2D eigenvalue weighted by Gasteiger charge is -2.05. The maximum absolute atomic E-state index is 13.4. The van der Waals surface area contributed by atoms with Gasteiger partial charge in [-0.05, 0) is 23.8 Å². The highest BCUT2D eigenvalue weighted by molar-refractivity contribution is 6.34. The predicted molar refractivity (Wildman–Crippen MR) is 65.8 cm³/mol. The number of benzene rings is 2. The van der Waals surface area contributed by atoms with E-state index >= 15 is 0 Å². The van der Waals surface area contributed by atoms with Gasteiger partial charge in [-0.3, -0.25) is 4.79 Å². The van der Waals surface area contributed by atoms with Crippen LogP contribution in [0.2, 0.25) is 5.02 Å². The monoisotopic (exact) mass is 284 g/mol. The zero-order chi connectivity index (χ0) is 14.0. The van der Waals surface area contributed by atoms with Gasteiger partial charge in [0.2, 0.25) is 0 Å². The van der Waals surface area contributed by atoms with Crippen LogP contribution >= 0.6 is 11.6 Å². The second-order valence-corrected chi connectivity index (χ2v) is 4.32. The van der Waals surface area contributed by atoms with Crippen LogP contribution in [0.4, 0.5) is 13.2 Å². The molecule has 0 aliphatic rings. The van der Waals surface area contributed by atoms with E-state index in [0.717, 1.165) is 12.1 Å². The molecule has 0 aliphatic carbocycles. The van der Waals surface area contributed by atoms with Gasteiger partial charge in [0.05, 0.1) is 5.02 Å². The van der Waals surface area contributed by atoms with Crippen LogP contribution in [-0.2, 0) is 6.42 Å². The molecule has 0 amide bonds. The summed E-state index contributed by atoms with van der Waals surface area (Å²) in [4.78, 5) is 11.9. The zero-order valence-electron chi connectivity index (χ0n) is 9.59. The first-order valence-corrected chi connectivity index (χ1v) is 5.78. The minimum atomic E-state index is -0.819. The number of hydrogen-bond donors (Lipinski definition) is 0. The Kier molecular flexibility index (Phi) is 3.90. The zero-order valence-corrected chi connectivity index (χ0v) is 10.3. The molecule has 98 valence electrons. The minimum Gasteiger partial charge on any atom is -0.294 e. The lowest BCUT2D eigenvalue weighted by molar-refractivity contribution is 0.0991. The number of halogens is 4. The van der Waals surface area contributed by atoms with Gasteiger partial charge in [-0.15, -0.1) is 0 Å². The van der Waals surface area contributed by atoms with E-state index in [-0.39, 0.29) is 22.6 Å². The van der Waals surface area contributed by atoms with Crippen molar-refractivity contribution in [3.63, 3.8) is 0 Å². The molecule has 0 aliphatic heterocycles. The number of hydrogen-bond acceptors (Lipinski definition) is 1. The number of carbonyl (C=O) groups excluding carboxylic acids is 1. The van der Waals surface area contributed by atoms with E-state index in [9.17, 15) is 18.0 Å². The molecule has 0 N–H and O–H groups in total. The largest absolute Gasteiger partial charge is 0.294 e. The molecular formula is C14H8ClF3O. The third-order valence-corrected chi connectivity index (χ3v) is 3.00. The first-order chi connectivity index (χ1) is 8.99. The Morgan fingerprint density at radius 3 is 2.47 bits per heavy atom. The fourth-order valence-electron chi connectivity index (χ4n) is 1.65. The molecule has 0 radical (unpaired) electrons. The lowest BCUT2D eigenvalue weighted by Crippen LogP contribution is -2.07. The van der Waals surface area contributed by atoms with E-state index in [1.165, 1.54) is 18.2 Å². The van der Waals surface area contributed by atoms with Crippen LogP contribution in [0.3, 0.4) is 0 Å². The van der Waals surface area contributed by atoms with Crippen molar-refractivity contribution in [2.75, 3.05) is 0 Å². The highest BCUT2D eigenvalue weighted by atomic mass is 35.5. The normalized spacial score (nSPS) is 10.5. The molecule has 0 heterocycles. The van der Waals surface area contributed by atoms with Crippen LogP contribution in [0.5, 0.6) is 0 Å². The third-order valence-electron chi connectivity index (χ3n) is 2.62. The molecule has 0 spiro atoms. The molecule has 1 nitrogen and oxygen atoms in total. The van der Waals surface area contributed by atoms with Gasteiger partial charge in [0.15, 0.2) is 5.78 Å². The Labute approximate surface area is 112 Å². The standard InChI is InChI=1S/C14H8ClF3O/c15-14-10(2-1-3-11(14)17)13(19)6-8-4-5-9(16)7-12(8)18/h1-5,7H,6H2. The summed E-state index contributed by atoms with van der Waals surface area (Å²) in [7, 11) is 0. The molecule has 0 unspecified atom stereocenters. The molecule has 0 aromatic heterocycles. The molecule has 0 saturated heterocycles. The summed E-state index contributed by atoms with van der Waals surface area (Å²) < 4.78 is 39.3. The van der Waals surface area contributed by atoms with Crippen molar-refractivity contribution >= 4 is 17.4 Å². The first-order valence-electron chi connectivity index (χ1n) is 5.40. The van der Waals surface area contributed by atoms with Crippen LogP contribution in [0.1, 0.15) is 15.9 Å². The summed E-state index contributed by atoms with van der Waals surface area (Å²) in [5, 5.41) is -0.296. The SMILES string of the molecule is O=C(Cc1ccc(F)cc1F)c1cccc(F)c1Cl. The summed E-state index contributed by atoms with van der Waals surface area (Å²) in [5.74, 6) is -2.79. The fourth-order valence-corrected chi connectivity index (χ4v) is 1.88. The molecule has 19 heavy (non-hydrogen) atoms. The topological polar surface area (TPSA) is 17.1 Å². The Bertz CT molecular complexity index is 641. The Morgan fingerprint density at radius 2 is 1.79 bits per heavy atom. The van der Waals surface area contributed by atoms with Crippen molar-refractivity contribution in [2.24, 2.45) is 0 Å². The van der Waals surface area contributed by atoms with E-state index < -0.39 is 23.2 Å². The summed E-state index contributed by atoms with van der Waals surface area (Å²) in [5.41, 5.74) is 0.0112. The van der Waals surface area contributed by atoms with E-state index in [1.807, 2.05) is 0 Å². The van der Waals surface area contributed by atoms with Crippen molar-refractivity contribution in [2.45, 2.75) is 6.42 Å². The molecule has 0 atom stereocenters. The molecule has 0 bridgehead atoms. The molecule has 2 aromatic carbocycles.